The Morgan fingerprint density at radius 2 is 1.64 bits per heavy atom. The number of ether oxygens (including phenoxy) is 1. The fourth-order valence-electron chi connectivity index (χ4n) is 3.45. The molecule has 1 fully saturated rings. The van der Waals surface area contributed by atoms with E-state index >= 15 is 0 Å². The number of benzene rings is 1. The number of Topliss-reactive ketones (excluding diaryl/α,β-unsaturated/α-hetero) is 1. The average Bonchev–Trinajstić information content (AvgIpc) is 2.60. The minimum atomic E-state index is -4.84. The molecule has 1 aromatic carbocycles. The number of carbonyl (C=O) groups excluding carboxylic acids is 1. The number of unbranched alkanes of at least 4 members (excludes halogenated alkanes) is 2. The summed E-state index contributed by atoms with van der Waals surface area (Å²) in [7, 11) is 0. The van der Waals surface area contributed by atoms with E-state index in [1.54, 1.807) is 0 Å². The van der Waals surface area contributed by atoms with E-state index in [4.69, 9.17) is 4.74 Å². The quantitative estimate of drug-likeness (QED) is 0.410. The molecule has 2 rings (SSSR count). The van der Waals surface area contributed by atoms with Gasteiger partial charge in [-0.3, -0.25) is 4.79 Å². The van der Waals surface area contributed by atoms with Crippen LogP contribution in [0.15, 0.2) is 24.3 Å². The molecule has 0 spiro atoms. The van der Waals surface area contributed by atoms with Crippen LogP contribution in [-0.2, 0) is 0 Å². The predicted octanol–water partition coefficient (Wildman–Crippen LogP) is 6.20. The molecular weight excluding hydrogens is 329 g/mol. The molecule has 0 amide bonds. The van der Waals surface area contributed by atoms with Crippen LogP contribution >= 0.6 is 0 Å². The molecule has 2 nitrogen and oxygen atoms in total. The molecule has 1 aliphatic carbocycles. The Bertz CT molecular complexity index is 529. The van der Waals surface area contributed by atoms with Gasteiger partial charge in [0.05, 0.1) is 6.61 Å². The topological polar surface area (TPSA) is 26.3 Å². The van der Waals surface area contributed by atoms with Gasteiger partial charge in [0.15, 0.2) is 0 Å². The number of alkyl halides is 3. The van der Waals surface area contributed by atoms with Gasteiger partial charge in [0.1, 0.15) is 5.75 Å². The molecule has 0 heterocycles. The van der Waals surface area contributed by atoms with E-state index in [0.29, 0.717) is 18.3 Å². The molecule has 5 heteroatoms. The van der Waals surface area contributed by atoms with Gasteiger partial charge < -0.3 is 4.74 Å². The average molecular weight is 356 g/mol. The lowest BCUT2D eigenvalue weighted by molar-refractivity contribution is -0.0885. The molecule has 0 atom stereocenters. The van der Waals surface area contributed by atoms with E-state index in [2.05, 4.69) is 6.92 Å². The highest BCUT2D eigenvalue weighted by atomic mass is 19.4. The summed E-state index contributed by atoms with van der Waals surface area (Å²) in [6, 6.07) is 5.23. The first kappa shape index (κ1) is 19.8. The Morgan fingerprint density at radius 3 is 2.20 bits per heavy atom. The zero-order chi connectivity index (χ0) is 18.3. The number of rotatable bonds is 8. The lowest BCUT2D eigenvalue weighted by atomic mass is 9.80. The van der Waals surface area contributed by atoms with Gasteiger partial charge in [-0.1, -0.05) is 45.4 Å². The minimum absolute atomic E-state index is 0.354. The third-order valence-corrected chi connectivity index (χ3v) is 5.04. The Hall–Kier alpha value is -1.52. The minimum Gasteiger partial charge on any atom is -0.493 e. The number of hydrogen-bond acceptors (Lipinski definition) is 2. The summed E-state index contributed by atoms with van der Waals surface area (Å²) in [5.41, 5.74) is -0.354. The number of hydrogen-bond donors (Lipinski definition) is 0. The van der Waals surface area contributed by atoms with Crippen LogP contribution < -0.4 is 4.74 Å². The van der Waals surface area contributed by atoms with Crippen molar-refractivity contribution in [1.82, 2.24) is 0 Å². The van der Waals surface area contributed by atoms with Crippen molar-refractivity contribution in [2.24, 2.45) is 11.8 Å². The highest BCUT2D eigenvalue weighted by Crippen LogP contribution is 2.32. The fourth-order valence-corrected chi connectivity index (χ4v) is 3.45. The second kappa shape index (κ2) is 9.25. The summed E-state index contributed by atoms with van der Waals surface area (Å²) < 4.78 is 42.8. The van der Waals surface area contributed by atoms with Crippen molar-refractivity contribution in [2.45, 2.75) is 64.5 Å². The predicted molar refractivity (Wildman–Crippen MR) is 91.9 cm³/mol. The molecule has 1 aromatic rings. The molecule has 0 saturated heterocycles. The van der Waals surface area contributed by atoms with Crippen LogP contribution in [0.3, 0.4) is 0 Å². The summed E-state index contributed by atoms with van der Waals surface area (Å²) in [6.07, 6.45) is 5.20. The molecule has 0 N–H and O–H groups in total. The van der Waals surface area contributed by atoms with Crippen LogP contribution in [0, 0.1) is 11.8 Å². The van der Waals surface area contributed by atoms with Gasteiger partial charge in [0.25, 0.3) is 5.78 Å². The third kappa shape index (κ3) is 6.37. The van der Waals surface area contributed by atoms with Crippen molar-refractivity contribution in [3.8, 4) is 5.75 Å². The summed E-state index contributed by atoms with van der Waals surface area (Å²) >= 11 is 0. The molecule has 0 aromatic heterocycles. The molecule has 0 unspecified atom stereocenters. The molecule has 0 radical (unpaired) electrons. The van der Waals surface area contributed by atoms with Crippen molar-refractivity contribution < 1.29 is 22.7 Å². The van der Waals surface area contributed by atoms with Crippen LogP contribution in [0.5, 0.6) is 5.75 Å². The monoisotopic (exact) mass is 356 g/mol. The zero-order valence-electron chi connectivity index (χ0n) is 14.8. The number of carbonyl (C=O) groups is 1. The maximum Gasteiger partial charge on any atom is 0.454 e. The summed E-state index contributed by atoms with van der Waals surface area (Å²) in [5.74, 6) is 0.0543. The van der Waals surface area contributed by atoms with Gasteiger partial charge in [-0.15, -0.1) is 0 Å². The highest BCUT2D eigenvalue weighted by Gasteiger charge is 2.39. The Balaban J connectivity index is 1.73. The second-order valence-corrected chi connectivity index (χ2v) is 7.04. The smallest absolute Gasteiger partial charge is 0.454 e. The van der Waals surface area contributed by atoms with Gasteiger partial charge in [0.2, 0.25) is 0 Å². The first-order valence-electron chi connectivity index (χ1n) is 9.24. The summed E-state index contributed by atoms with van der Waals surface area (Å²) in [4.78, 5) is 11.1. The molecule has 0 aliphatic heterocycles. The van der Waals surface area contributed by atoms with E-state index < -0.39 is 12.0 Å². The molecular formula is C20H27F3O2. The molecule has 1 aliphatic rings. The first-order valence-corrected chi connectivity index (χ1v) is 9.24. The number of halogens is 3. The summed E-state index contributed by atoms with van der Waals surface area (Å²) in [6.45, 7) is 2.81. The van der Waals surface area contributed by atoms with Crippen LogP contribution in [-0.4, -0.2) is 18.6 Å². The van der Waals surface area contributed by atoms with E-state index in [0.717, 1.165) is 18.8 Å². The SMILES string of the molecule is CCCCC[C@H]1CC[C@H](COc2ccc(C(=O)C(F)(F)F)cc2)CC1. The van der Waals surface area contributed by atoms with Crippen LogP contribution in [0.4, 0.5) is 13.2 Å². The van der Waals surface area contributed by atoms with E-state index in [-0.39, 0.29) is 5.56 Å². The van der Waals surface area contributed by atoms with Crippen LogP contribution in [0.25, 0.3) is 0 Å². The maximum atomic E-state index is 12.4. The lowest BCUT2D eigenvalue weighted by Crippen LogP contribution is -2.22. The Labute approximate surface area is 147 Å². The van der Waals surface area contributed by atoms with Crippen LogP contribution in [0.2, 0.25) is 0 Å². The first-order chi connectivity index (χ1) is 11.9. The van der Waals surface area contributed by atoms with Crippen molar-refractivity contribution in [1.29, 1.82) is 0 Å². The van der Waals surface area contributed by atoms with Crippen molar-refractivity contribution in [2.75, 3.05) is 6.61 Å². The Morgan fingerprint density at radius 1 is 1.04 bits per heavy atom. The second-order valence-electron chi connectivity index (χ2n) is 7.04. The van der Waals surface area contributed by atoms with E-state index in [1.165, 1.54) is 62.8 Å². The molecule has 1 saturated carbocycles. The molecule has 0 bridgehead atoms. The van der Waals surface area contributed by atoms with Crippen molar-refractivity contribution >= 4 is 5.78 Å². The fraction of sp³-hybridized carbons (Fsp3) is 0.650. The van der Waals surface area contributed by atoms with E-state index in [1.807, 2.05) is 0 Å². The Kier molecular flexibility index (Phi) is 7.33. The van der Waals surface area contributed by atoms with Gasteiger partial charge >= 0.3 is 6.18 Å². The standard InChI is InChI=1S/C20H27F3O2/c1-2-3-4-5-15-6-8-16(9-7-15)14-25-18-12-10-17(11-13-18)19(24)20(21,22)23/h10-13,15-16H,2-9,14H2,1H3/t15-,16-. The lowest BCUT2D eigenvalue weighted by Gasteiger charge is -2.28. The van der Waals surface area contributed by atoms with Gasteiger partial charge in [0, 0.05) is 5.56 Å². The normalized spacial score (nSPS) is 21.1. The zero-order valence-corrected chi connectivity index (χ0v) is 14.8. The number of ketones is 1. The van der Waals surface area contributed by atoms with Crippen molar-refractivity contribution in [3.05, 3.63) is 29.8 Å². The largest absolute Gasteiger partial charge is 0.493 e. The summed E-state index contributed by atoms with van der Waals surface area (Å²) in [5, 5.41) is 0. The molecule has 25 heavy (non-hydrogen) atoms. The maximum absolute atomic E-state index is 12.4. The van der Waals surface area contributed by atoms with Gasteiger partial charge in [-0.25, -0.2) is 0 Å². The van der Waals surface area contributed by atoms with Gasteiger partial charge in [-0.2, -0.15) is 13.2 Å². The molecule has 140 valence electrons. The van der Waals surface area contributed by atoms with Gasteiger partial charge in [-0.05, 0) is 48.9 Å². The van der Waals surface area contributed by atoms with Crippen molar-refractivity contribution in [3.63, 3.8) is 0 Å². The highest BCUT2D eigenvalue weighted by molar-refractivity contribution is 6.00. The van der Waals surface area contributed by atoms with Crippen LogP contribution in [0.1, 0.15) is 68.6 Å². The van der Waals surface area contributed by atoms with E-state index in [9.17, 15) is 18.0 Å². The third-order valence-electron chi connectivity index (χ3n) is 5.04.